The molecule has 0 spiro atoms. The molecule has 0 radical (unpaired) electrons. The number of ether oxygens (including phenoxy) is 1. The van der Waals surface area contributed by atoms with E-state index < -0.39 is 0 Å². The van der Waals surface area contributed by atoms with Crippen molar-refractivity contribution in [3.63, 3.8) is 0 Å². The van der Waals surface area contributed by atoms with Crippen molar-refractivity contribution in [3.05, 3.63) is 0 Å². The fourth-order valence-corrected chi connectivity index (χ4v) is 2.53. The van der Waals surface area contributed by atoms with Crippen LogP contribution in [0.4, 0.5) is 0 Å². The first-order valence-electron chi connectivity index (χ1n) is 8.38. The molecule has 21 heavy (non-hydrogen) atoms. The Morgan fingerprint density at radius 2 is 2.05 bits per heavy atom. The molecule has 1 N–H and O–H groups in total. The lowest BCUT2D eigenvalue weighted by Gasteiger charge is -2.33. The average Bonchev–Trinajstić information content (AvgIpc) is 2.49. The first kappa shape index (κ1) is 18.2. The zero-order chi connectivity index (χ0) is 15.5. The molecule has 0 unspecified atom stereocenters. The number of methoxy groups -OCH3 is 1. The normalized spacial score (nSPS) is 17.6. The fraction of sp³-hybridized carbons (Fsp3) is 0.938. The second-order valence-corrected chi connectivity index (χ2v) is 6.05. The molecule has 1 fully saturated rings. The lowest BCUT2D eigenvalue weighted by atomic mass is 10.00. The molecule has 0 aliphatic carbocycles. The van der Waals surface area contributed by atoms with Crippen LogP contribution in [-0.4, -0.2) is 75.8 Å². The van der Waals surface area contributed by atoms with Crippen molar-refractivity contribution in [2.24, 2.45) is 10.9 Å². The van der Waals surface area contributed by atoms with Crippen LogP contribution in [0.1, 0.15) is 33.1 Å². The predicted octanol–water partition coefficient (Wildman–Crippen LogP) is 1.65. The third kappa shape index (κ3) is 7.67. The van der Waals surface area contributed by atoms with E-state index in [0.29, 0.717) is 0 Å². The summed E-state index contributed by atoms with van der Waals surface area (Å²) in [6.45, 7) is 11.5. The maximum atomic E-state index is 5.09. The Morgan fingerprint density at radius 1 is 1.33 bits per heavy atom. The summed E-state index contributed by atoms with van der Waals surface area (Å²) in [6, 6.07) is 0. The zero-order valence-electron chi connectivity index (χ0n) is 14.4. The van der Waals surface area contributed by atoms with Crippen LogP contribution in [0.15, 0.2) is 4.99 Å². The van der Waals surface area contributed by atoms with Gasteiger partial charge in [0.25, 0.3) is 0 Å². The van der Waals surface area contributed by atoms with E-state index in [2.05, 4.69) is 36.0 Å². The van der Waals surface area contributed by atoms with Crippen molar-refractivity contribution in [1.82, 2.24) is 15.1 Å². The van der Waals surface area contributed by atoms with E-state index in [4.69, 9.17) is 9.73 Å². The van der Waals surface area contributed by atoms with Crippen molar-refractivity contribution in [1.29, 1.82) is 0 Å². The number of hydrogen-bond donors (Lipinski definition) is 1. The SMILES string of the molecule is CCNC(=NCCCN(C)CCOC)N1CCC(C)CC1. The summed E-state index contributed by atoms with van der Waals surface area (Å²) in [5.74, 6) is 1.96. The Morgan fingerprint density at radius 3 is 2.67 bits per heavy atom. The highest BCUT2D eigenvalue weighted by Crippen LogP contribution is 2.15. The quantitative estimate of drug-likeness (QED) is 0.420. The molecule has 0 atom stereocenters. The van der Waals surface area contributed by atoms with E-state index in [1.807, 2.05) is 0 Å². The van der Waals surface area contributed by atoms with Crippen LogP contribution in [0.3, 0.4) is 0 Å². The predicted molar refractivity (Wildman–Crippen MR) is 89.9 cm³/mol. The monoisotopic (exact) mass is 298 g/mol. The van der Waals surface area contributed by atoms with Gasteiger partial charge in [-0.3, -0.25) is 4.99 Å². The molecule has 5 nitrogen and oxygen atoms in total. The molecule has 1 rings (SSSR count). The van der Waals surface area contributed by atoms with Gasteiger partial charge in [-0.1, -0.05) is 6.92 Å². The summed E-state index contributed by atoms with van der Waals surface area (Å²) >= 11 is 0. The Kier molecular flexibility index (Phi) is 9.42. The average molecular weight is 298 g/mol. The summed E-state index contributed by atoms with van der Waals surface area (Å²) < 4.78 is 5.09. The third-order valence-corrected chi connectivity index (χ3v) is 4.05. The van der Waals surface area contributed by atoms with E-state index in [0.717, 1.165) is 64.2 Å². The maximum absolute atomic E-state index is 5.09. The minimum absolute atomic E-state index is 0.800. The van der Waals surface area contributed by atoms with Gasteiger partial charge < -0.3 is 19.9 Å². The summed E-state index contributed by atoms with van der Waals surface area (Å²) in [6.07, 6.45) is 3.66. The van der Waals surface area contributed by atoms with Gasteiger partial charge in [-0.2, -0.15) is 0 Å². The van der Waals surface area contributed by atoms with E-state index in [1.165, 1.54) is 12.8 Å². The Bertz CT molecular complexity index is 288. The van der Waals surface area contributed by atoms with Crippen LogP contribution in [0.2, 0.25) is 0 Å². The number of nitrogens with zero attached hydrogens (tertiary/aromatic N) is 3. The molecular formula is C16H34N4O. The molecule has 0 saturated carbocycles. The van der Waals surface area contributed by atoms with Crippen LogP contribution >= 0.6 is 0 Å². The van der Waals surface area contributed by atoms with Gasteiger partial charge in [0, 0.05) is 39.8 Å². The zero-order valence-corrected chi connectivity index (χ0v) is 14.4. The lowest BCUT2D eigenvalue weighted by molar-refractivity contribution is 0.161. The van der Waals surface area contributed by atoms with Crippen molar-refractivity contribution >= 4 is 5.96 Å². The maximum Gasteiger partial charge on any atom is 0.193 e. The van der Waals surface area contributed by atoms with E-state index >= 15 is 0 Å². The van der Waals surface area contributed by atoms with Gasteiger partial charge in [-0.25, -0.2) is 0 Å². The smallest absolute Gasteiger partial charge is 0.193 e. The number of rotatable bonds is 8. The van der Waals surface area contributed by atoms with Gasteiger partial charge in [-0.05, 0) is 45.7 Å². The topological polar surface area (TPSA) is 40.1 Å². The van der Waals surface area contributed by atoms with Gasteiger partial charge >= 0.3 is 0 Å². The number of likely N-dealkylation sites (N-methyl/N-ethyl adjacent to an activating group) is 1. The summed E-state index contributed by atoms with van der Waals surface area (Å²) in [5.41, 5.74) is 0. The molecule has 1 heterocycles. The molecule has 1 aliphatic heterocycles. The molecule has 0 amide bonds. The number of likely N-dealkylation sites (tertiary alicyclic amines) is 1. The Balaban J connectivity index is 2.31. The Labute approximate surface area is 130 Å². The lowest BCUT2D eigenvalue weighted by Crippen LogP contribution is -2.45. The van der Waals surface area contributed by atoms with Gasteiger partial charge in [0.05, 0.1) is 6.61 Å². The van der Waals surface area contributed by atoms with Crippen LogP contribution in [0.25, 0.3) is 0 Å². The second kappa shape index (κ2) is 10.9. The molecule has 0 bridgehead atoms. The summed E-state index contributed by atoms with van der Waals surface area (Å²) in [4.78, 5) is 9.50. The van der Waals surface area contributed by atoms with Crippen LogP contribution in [0.5, 0.6) is 0 Å². The highest BCUT2D eigenvalue weighted by Gasteiger charge is 2.18. The molecule has 1 saturated heterocycles. The number of aliphatic imine (C=N–C) groups is 1. The largest absolute Gasteiger partial charge is 0.383 e. The third-order valence-electron chi connectivity index (χ3n) is 4.05. The minimum Gasteiger partial charge on any atom is -0.383 e. The van der Waals surface area contributed by atoms with E-state index in [-0.39, 0.29) is 0 Å². The number of hydrogen-bond acceptors (Lipinski definition) is 3. The molecule has 5 heteroatoms. The molecule has 0 aromatic rings. The molecular weight excluding hydrogens is 264 g/mol. The van der Waals surface area contributed by atoms with Gasteiger partial charge in [-0.15, -0.1) is 0 Å². The van der Waals surface area contributed by atoms with Gasteiger partial charge in [0.2, 0.25) is 0 Å². The van der Waals surface area contributed by atoms with Crippen molar-refractivity contribution < 1.29 is 4.74 Å². The number of guanidine groups is 1. The van der Waals surface area contributed by atoms with Crippen LogP contribution in [-0.2, 0) is 4.74 Å². The van der Waals surface area contributed by atoms with Crippen molar-refractivity contribution in [2.45, 2.75) is 33.1 Å². The van der Waals surface area contributed by atoms with Crippen LogP contribution < -0.4 is 5.32 Å². The Hall–Kier alpha value is -0.810. The first-order valence-corrected chi connectivity index (χ1v) is 8.38. The van der Waals surface area contributed by atoms with Crippen molar-refractivity contribution in [2.75, 3.05) is 60.0 Å². The van der Waals surface area contributed by atoms with E-state index in [1.54, 1.807) is 7.11 Å². The summed E-state index contributed by atoms with van der Waals surface area (Å²) in [5, 5.41) is 3.43. The summed E-state index contributed by atoms with van der Waals surface area (Å²) in [7, 11) is 3.89. The minimum atomic E-state index is 0.800. The first-order chi connectivity index (χ1) is 10.2. The van der Waals surface area contributed by atoms with Gasteiger partial charge in [0.15, 0.2) is 5.96 Å². The van der Waals surface area contributed by atoms with Gasteiger partial charge in [0.1, 0.15) is 0 Å². The molecule has 124 valence electrons. The highest BCUT2D eigenvalue weighted by molar-refractivity contribution is 5.80. The van der Waals surface area contributed by atoms with E-state index in [9.17, 15) is 0 Å². The van der Waals surface area contributed by atoms with Crippen molar-refractivity contribution in [3.8, 4) is 0 Å². The number of nitrogens with one attached hydrogen (secondary N) is 1. The highest BCUT2D eigenvalue weighted by atomic mass is 16.5. The fourth-order valence-electron chi connectivity index (χ4n) is 2.53. The molecule has 0 aromatic carbocycles. The molecule has 1 aliphatic rings. The van der Waals surface area contributed by atoms with Crippen LogP contribution in [0, 0.1) is 5.92 Å². The second-order valence-electron chi connectivity index (χ2n) is 6.05. The standard InChI is InChI=1S/C16H34N4O/c1-5-17-16(20-11-7-15(2)8-12-20)18-9-6-10-19(3)13-14-21-4/h15H,5-14H2,1-4H3,(H,17,18). The molecule has 0 aromatic heterocycles. The number of piperidine rings is 1.